The van der Waals surface area contributed by atoms with Crippen molar-refractivity contribution in [3.8, 4) is 5.75 Å². The van der Waals surface area contributed by atoms with Crippen LogP contribution < -0.4 is 10.1 Å². The van der Waals surface area contributed by atoms with E-state index in [0.717, 1.165) is 12.0 Å². The first kappa shape index (κ1) is 27.5. The van der Waals surface area contributed by atoms with Gasteiger partial charge in [0, 0.05) is 24.0 Å². The zero-order chi connectivity index (χ0) is 26.1. The van der Waals surface area contributed by atoms with Crippen LogP contribution in [-0.4, -0.2) is 35.4 Å². The van der Waals surface area contributed by atoms with E-state index in [4.69, 9.17) is 27.9 Å². The molecule has 0 radical (unpaired) electrons. The highest BCUT2D eigenvalue weighted by Gasteiger charge is 2.31. The third kappa shape index (κ3) is 7.97. The van der Waals surface area contributed by atoms with Crippen LogP contribution in [0.1, 0.15) is 31.4 Å². The summed E-state index contributed by atoms with van der Waals surface area (Å²) in [5.74, 6) is -0.758. The van der Waals surface area contributed by atoms with Crippen molar-refractivity contribution in [1.82, 2.24) is 10.2 Å². The lowest BCUT2D eigenvalue weighted by Crippen LogP contribution is -2.53. The zero-order valence-electron chi connectivity index (χ0n) is 20.2. The summed E-state index contributed by atoms with van der Waals surface area (Å²) >= 11 is 12.1. The Bertz CT molecular complexity index is 1160. The number of rotatable bonds is 11. The smallest absolute Gasteiger partial charge is 0.261 e. The van der Waals surface area contributed by atoms with Crippen molar-refractivity contribution in [2.75, 3.05) is 6.61 Å². The lowest BCUT2D eigenvalue weighted by atomic mass is 10.0. The van der Waals surface area contributed by atoms with E-state index in [9.17, 15) is 14.0 Å². The highest BCUT2D eigenvalue weighted by atomic mass is 35.5. The largest absolute Gasteiger partial charge is 0.482 e. The number of halogens is 3. The number of hydrogen-bond acceptors (Lipinski definition) is 3. The maximum absolute atomic E-state index is 13.5. The number of ether oxygens (including phenoxy) is 1. The average molecular weight is 531 g/mol. The van der Waals surface area contributed by atoms with Gasteiger partial charge in [-0.1, -0.05) is 72.6 Å². The second-order valence-corrected chi connectivity index (χ2v) is 9.38. The fourth-order valence-corrected chi connectivity index (χ4v) is 4.06. The van der Waals surface area contributed by atoms with Gasteiger partial charge in [-0.2, -0.15) is 0 Å². The molecule has 1 N–H and O–H groups in total. The summed E-state index contributed by atoms with van der Waals surface area (Å²) in [5, 5.41) is 3.72. The van der Waals surface area contributed by atoms with Gasteiger partial charge in [0.2, 0.25) is 5.91 Å². The molecule has 0 spiro atoms. The zero-order valence-corrected chi connectivity index (χ0v) is 21.7. The van der Waals surface area contributed by atoms with Crippen molar-refractivity contribution < 1.29 is 18.7 Å². The standard InChI is InChI=1S/C28H29Cl2FN2O3/c1-3-19(2)32-28(35)25(15-20-7-5-4-6-8-20)33(17-21-9-12-23(31)13-10-21)27(34)18-36-26-14-11-22(29)16-24(26)30/h4-14,16,19,25H,3,15,17-18H2,1-2H3,(H,32,35)/t19-,25-/m1/s1. The Balaban J connectivity index is 1.91. The SMILES string of the molecule is CC[C@@H](C)NC(=O)[C@@H](Cc1ccccc1)N(Cc1ccc(F)cc1)C(=O)COc1ccc(Cl)cc1Cl. The monoisotopic (exact) mass is 530 g/mol. The molecule has 0 aromatic heterocycles. The third-order valence-electron chi connectivity index (χ3n) is 5.78. The third-order valence-corrected chi connectivity index (χ3v) is 6.31. The number of carbonyl (C=O) groups is 2. The summed E-state index contributed by atoms with van der Waals surface area (Å²) in [6.45, 7) is 3.64. The molecular formula is C28H29Cl2FN2O3. The molecule has 0 aliphatic rings. The molecule has 0 saturated heterocycles. The molecule has 0 heterocycles. The first-order valence-corrected chi connectivity index (χ1v) is 12.5. The molecule has 36 heavy (non-hydrogen) atoms. The Morgan fingerprint density at radius 2 is 1.69 bits per heavy atom. The summed E-state index contributed by atoms with van der Waals surface area (Å²) in [5.41, 5.74) is 1.59. The topological polar surface area (TPSA) is 58.6 Å². The van der Waals surface area contributed by atoms with Crippen LogP contribution in [0.15, 0.2) is 72.8 Å². The molecule has 5 nitrogen and oxygen atoms in total. The molecule has 8 heteroatoms. The van der Waals surface area contributed by atoms with Crippen LogP contribution >= 0.6 is 23.2 Å². The lowest BCUT2D eigenvalue weighted by molar-refractivity contribution is -0.143. The number of hydrogen-bond donors (Lipinski definition) is 1. The first-order chi connectivity index (χ1) is 17.3. The number of nitrogens with one attached hydrogen (secondary N) is 1. The molecule has 0 unspecified atom stereocenters. The van der Waals surface area contributed by atoms with Crippen molar-refractivity contribution in [2.45, 2.75) is 45.3 Å². The Kier molecular flexibility index (Phi) is 10.1. The fraction of sp³-hybridized carbons (Fsp3) is 0.286. The van der Waals surface area contributed by atoms with Gasteiger partial charge in [0.05, 0.1) is 5.02 Å². The summed E-state index contributed by atoms with van der Waals surface area (Å²) in [6, 6.07) is 19.2. The van der Waals surface area contributed by atoms with E-state index >= 15 is 0 Å². The molecule has 0 fully saturated rings. The number of amides is 2. The predicted octanol–water partition coefficient (Wildman–Crippen LogP) is 6.07. The van der Waals surface area contributed by atoms with Gasteiger partial charge in [0.1, 0.15) is 17.6 Å². The van der Waals surface area contributed by atoms with Crippen molar-refractivity contribution in [1.29, 1.82) is 0 Å². The van der Waals surface area contributed by atoms with Gasteiger partial charge in [0.25, 0.3) is 5.91 Å². The quantitative estimate of drug-likeness (QED) is 0.327. The molecule has 3 rings (SSSR count). The highest BCUT2D eigenvalue weighted by molar-refractivity contribution is 6.35. The number of nitrogens with zero attached hydrogens (tertiary/aromatic N) is 1. The molecule has 0 bridgehead atoms. The first-order valence-electron chi connectivity index (χ1n) is 11.7. The predicted molar refractivity (Wildman–Crippen MR) is 141 cm³/mol. The van der Waals surface area contributed by atoms with Crippen LogP contribution in [0.25, 0.3) is 0 Å². The highest BCUT2D eigenvalue weighted by Crippen LogP contribution is 2.27. The molecule has 3 aromatic carbocycles. The second kappa shape index (κ2) is 13.3. The lowest BCUT2D eigenvalue weighted by Gasteiger charge is -2.32. The summed E-state index contributed by atoms with van der Waals surface area (Å²) in [4.78, 5) is 28.4. The number of benzene rings is 3. The minimum atomic E-state index is -0.816. The fourth-order valence-electron chi connectivity index (χ4n) is 3.60. The van der Waals surface area contributed by atoms with Gasteiger partial charge in [-0.3, -0.25) is 9.59 Å². The molecule has 0 saturated carbocycles. The van der Waals surface area contributed by atoms with Gasteiger partial charge >= 0.3 is 0 Å². The molecule has 0 aliphatic heterocycles. The van der Waals surface area contributed by atoms with E-state index < -0.39 is 11.9 Å². The van der Waals surface area contributed by atoms with Crippen molar-refractivity contribution in [3.63, 3.8) is 0 Å². The van der Waals surface area contributed by atoms with Gasteiger partial charge in [-0.25, -0.2) is 4.39 Å². The van der Waals surface area contributed by atoms with Crippen molar-refractivity contribution in [3.05, 3.63) is 99.8 Å². The summed E-state index contributed by atoms with van der Waals surface area (Å²) in [6.07, 6.45) is 1.05. The molecule has 0 aliphatic carbocycles. The van der Waals surface area contributed by atoms with Crippen LogP contribution in [0.2, 0.25) is 10.0 Å². The van der Waals surface area contributed by atoms with E-state index in [2.05, 4.69) is 5.32 Å². The van der Waals surface area contributed by atoms with Crippen LogP contribution in [0, 0.1) is 5.82 Å². The van der Waals surface area contributed by atoms with Gasteiger partial charge in [0.15, 0.2) is 6.61 Å². The van der Waals surface area contributed by atoms with Gasteiger partial charge < -0.3 is 15.0 Å². The maximum Gasteiger partial charge on any atom is 0.261 e. The Hall–Kier alpha value is -3.09. The molecular weight excluding hydrogens is 502 g/mol. The van der Waals surface area contributed by atoms with Crippen LogP contribution in [0.4, 0.5) is 4.39 Å². The van der Waals surface area contributed by atoms with E-state index in [1.807, 2.05) is 44.2 Å². The minimum absolute atomic E-state index is 0.0670. The van der Waals surface area contributed by atoms with Gasteiger partial charge in [-0.05, 0) is 54.8 Å². The molecule has 2 atom stereocenters. The maximum atomic E-state index is 13.5. The van der Waals surface area contributed by atoms with E-state index in [0.29, 0.717) is 22.8 Å². The van der Waals surface area contributed by atoms with E-state index in [1.54, 1.807) is 24.3 Å². The molecule has 2 amide bonds. The van der Waals surface area contributed by atoms with E-state index in [-0.39, 0.29) is 35.9 Å². The summed E-state index contributed by atoms with van der Waals surface area (Å²) < 4.78 is 19.2. The van der Waals surface area contributed by atoms with Gasteiger partial charge in [-0.15, -0.1) is 0 Å². The average Bonchev–Trinajstić information content (AvgIpc) is 2.87. The van der Waals surface area contributed by atoms with Crippen molar-refractivity contribution >= 4 is 35.0 Å². The van der Waals surface area contributed by atoms with Crippen LogP contribution in [-0.2, 0) is 22.6 Å². The minimum Gasteiger partial charge on any atom is -0.482 e. The Labute approximate surface area is 221 Å². The van der Waals surface area contributed by atoms with Crippen molar-refractivity contribution in [2.24, 2.45) is 0 Å². The summed E-state index contributed by atoms with van der Waals surface area (Å²) in [7, 11) is 0. The molecule has 3 aromatic rings. The normalized spacial score (nSPS) is 12.5. The Morgan fingerprint density at radius 1 is 1.00 bits per heavy atom. The second-order valence-electron chi connectivity index (χ2n) is 8.53. The van der Waals surface area contributed by atoms with Crippen LogP contribution in [0.5, 0.6) is 5.75 Å². The Morgan fingerprint density at radius 3 is 2.33 bits per heavy atom. The molecule has 190 valence electrons. The van der Waals surface area contributed by atoms with Crippen LogP contribution in [0.3, 0.4) is 0 Å². The van der Waals surface area contributed by atoms with E-state index in [1.165, 1.54) is 23.1 Å². The number of carbonyl (C=O) groups excluding carboxylic acids is 2.